The van der Waals surface area contributed by atoms with Crippen LogP contribution in [0.4, 0.5) is 0 Å². The molecule has 116 valence electrons. The molecule has 0 bridgehead atoms. The molecule has 0 unspecified atom stereocenters. The third-order valence-electron chi connectivity index (χ3n) is 3.30. The second kappa shape index (κ2) is 8.21. The number of sulfonamides is 1. The fourth-order valence-electron chi connectivity index (χ4n) is 2.11. The third kappa shape index (κ3) is 6.85. The van der Waals surface area contributed by atoms with Gasteiger partial charge >= 0.3 is 0 Å². The molecule has 0 aromatic rings. The minimum absolute atomic E-state index is 0.0479. The molecule has 8 heteroatoms. The summed E-state index contributed by atoms with van der Waals surface area (Å²) in [6.07, 6.45) is 4.54. The Labute approximate surface area is 119 Å². The van der Waals surface area contributed by atoms with Crippen molar-refractivity contribution in [2.75, 3.05) is 19.3 Å². The summed E-state index contributed by atoms with van der Waals surface area (Å²) >= 11 is 0. The van der Waals surface area contributed by atoms with Gasteiger partial charge in [0.05, 0.1) is 5.75 Å². The fourth-order valence-corrected chi connectivity index (χ4v) is 2.69. The molecule has 7 nitrogen and oxygen atoms in total. The molecule has 20 heavy (non-hydrogen) atoms. The monoisotopic (exact) mass is 305 g/mol. The summed E-state index contributed by atoms with van der Waals surface area (Å²) in [5.74, 6) is -0.587. The molecule has 2 amide bonds. The van der Waals surface area contributed by atoms with Crippen LogP contribution >= 0.6 is 0 Å². The summed E-state index contributed by atoms with van der Waals surface area (Å²) in [5.41, 5.74) is 0. The zero-order chi connectivity index (χ0) is 15.0. The van der Waals surface area contributed by atoms with Gasteiger partial charge in [0, 0.05) is 25.4 Å². The molecule has 1 rings (SSSR count). The van der Waals surface area contributed by atoms with Crippen LogP contribution in [0.5, 0.6) is 0 Å². The second-order valence-corrected chi connectivity index (χ2v) is 6.97. The molecule has 1 aliphatic carbocycles. The largest absolute Gasteiger partial charge is 0.355 e. The molecule has 0 aliphatic heterocycles. The quantitative estimate of drug-likeness (QED) is 0.562. The van der Waals surface area contributed by atoms with Gasteiger partial charge in [-0.3, -0.25) is 9.59 Å². The van der Waals surface area contributed by atoms with Gasteiger partial charge in [-0.05, 0) is 19.9 Å². The van der Waals surface area contributed by atoms with Gasteiger partial charge in [-0.2, -0.15) is 0 Å². The van der Waals surface area contributed by atoms with Crippen molar-refractivity contribution in [2.24, 2.45) is 0 Å². The highest BCUT2D eigenvalue weighted by Crippen LogP contribution is 2.17. The summed E-state index contributed by atoms with van der Waals surface area (Å²) in [6, 6.07) is 0.256. The van der Waals surface area contributed by atoms with Crippen molar-refractivity contribution in [1.82, 2.24) is 15.4 Å². The van der Waals surface area contributed by atoms with Crippen molar-refractivity contribution >= 4 is 21.8 Å². The first-order chi connectivity index (χ1) is 9.43. The van der Waals surface area contributed by atoms with E-state index in [-0.39, 0.29) is 43.0 Å². The van der Waals surface area contributed by atoms with E-state index in [9.17, 15) is 18.0 Å². The van der Waals surface area contributed by atoms with Crippen LogP contribution in [-0.2, 0) is 19.6 Å². The Morgan fingerprint density at radius 2 is 1.70 bits per heavy atom. The van der Waals surface area contributed by atoms with Crippen molar-refractivity contribution in [2.45, 2.75) is 44.6 Å². The van der Waals surface area contributed by atoms with E-state index in [1.165, 1.54) is 7.05 Å². The van der Waals surface area contributed by atoms with Gasteiger partial charge in [0.1, 0.15) is 0 Å². The Morgan fingerprint density at radius 3 is 2.30 bits per heavy atom. The van der Waals surface area contributed by atoms with Crippen LogP contribution in [0.15, 0.2) is 0 Å². The number of carbonyl (C=O) groups excluding carboxylic acids is 2. The first-order valence-corrected chi connectivity index (χ1v) is 8.55. The van der Waals surface area contributed by atoms with Gasteiger partial charge in [-0.15, -0.1) is 0 Å². The Hall–Kier alpha value is -1.15. The van der Waals surface area contributed by atoms with Crippen LogP contribution in [-0.4, -0.2) is 45.6 Å². The van der Waals surface area contributed by atoms with Crippen molar-refractivity contribution < 1.29 is 18.0 Å². The standard InChI is InChI=1S/C12H23N3O4S/c1-13-20(18,19)9-8-14-11(16)6-7-12(17)15-10-4-2-3-5-10/h10,13H,2-9H2,1H3,(H,14,16)(H,15,17). The minimum atomic E-state index is -3.31. The summed E-state index contributed by atoms with van der Waals surface area (Å²) in [6.45, 7) is 0.0479. The van der Waals surface area contributed by atoms with Gasteiger partial charge in [0.15, 0.2) is 0 Å². The highest BCUT2D eigenvalue weighted by Gasteiger charge is 2.17. The molecular formula is C12H23N3O4S. The minimum Gasteiger partial charge on any atom is -0.355 e. The first kappa shape index (κ1) is 16.9. The Balaban J connectivity index is 2.11. The van der Waals surface area contributed by atoms with Crippen LogP contribution in [0.3, 0.4) is 0 Å². The first-order valence-electron chi connectivity index (χ1n) is 6.90. The molecule has 3 N–H and O–H groups in total. The van der Waals surface area contributed by atoms with Crippen molar-refractivity contribution in [3.8, 4) is 0 Å². The Morgan fingerprint density at radius 1 is 1.10 bits per heavy atom. The summed E-state index contributed by atoms with van der Waals surface area (Å²) in [7, 11) is -1.98. The number of hydrogen-bond acceptors (Lipinski definition) is 4. The molecule has 0 radical (unpaired) electrons. The van der Waals surface area contributed by atoms with E-state index in [1.54, 1.807) is 0 Å². The predicted octanol–water partition coefficient (Wildman–Crippen LogP) is -0.509. The van der Waals surface area contributed by atoms with Gasteiger partial charge < -0.3 is 10.6 Å². The maximum atomic E-state index is 11.6. The maximum absolute atomic E-state index is 11.6. The summed E-state index contributed by atoms with van der Waals surface area (Å²) in [4.78, 5) is 23.0. The van der Waals surface area contributed by atoms with Gasteiger partial charge in [0.2, 0.25) is 21.8 Å². The van der Waals surface area contributed by atoms with Crippen LogP contribution in [0, 0.1) is 0 Å². The van der Waals surface area contributed by atoms with Crippen LogP contribution in [0.2, 0.25) is 0 Å². The molecule has 1 aliphatic rings. The van der Waals surface area contributed by atoms with E-state index in [1.807, 2.05) is 0 Å². The summed E-state index contributed by atoms with van der Waals surface area (Å²) in [5, 5.41) is 5.38. The average molecular weight is 305 g/mol. The zero-order valence-corrected chi connectivity index (χ0v) is 12.6. The number of hydrogen-bond donors (Lipinski definition) is 3. The lowest BCUT2D eigenvalue weighted by Crippen LogP contribution is -2.35. The topological polar surface area (TPSA) is 104 Å². The lowest BCUT2D eigenvalue weighted by molar-refractivity contribution is -0.126. The van der Waals surface area contributed by atoms with E-state index >= 15 is 0 Å². The highest BCUT2D eigenvalue weighted by atomic mass is 32.2. The molecule has 0 heterocycles. The Kier molecular flexibility index (Phi) is 6.94. The van der Waals surface area contributed by atoms with Crippen molar-refractivity contribution in [1.29, 1.82) is 0 Å². The van der Waals surface area contributed by atoms with E-state index < -0.39 is 10.0 Å². The number of amides is 2. The predicted molar refractivity (Wildman–Crippen MR) is 75.5 cm³/mol. The maximum Gasteiger partial charge on any atom is 0.220 e. The molecule has 1 fully saturated rings. The van der Waals surface area contributed by atoms with Crippen LogP contribution in [0.25, 0.3) is 0 Å². The van der Waals surface area contributed by atoms with Gasteiger partial charge in [-0.25, -0.2) is 13.1 Å². The van der Waals surface area contributed by atoms with E-state index in [0.29, 0.717) is 0 Å². The van der Waals surface area contributed by atoms with E-state index in [4.69, 9.17) is 0 Å². The van der Waals surface area contributed by atoms with Gasteiger partial charge in [-0.1, -0.05) is 12.8 Å². The Bertz CT molecular complexity index is 430. The van der Waals surface area contributed by atoms with Crippen LogP contribution in [0.1, 0.15) is 38.5 Å². The number of nitrogens with one attached hydrogen (secondary N) is 3. The molecule has 0 atom stereocenters. The molecular weight excluding hydrogens is 282 g/mol. The number of rotatable bonds is 8. The molecule has 0 saturated heterocycles. The third-order valence-corrected chi connectivity index (χ3v) is 4.67. The molecule has 0 spiro atoms. The molecule has 0 aromatic heterocycles. The van der Waals surface area contributed by atoms with Crippen molar-refractivity contribution in [3.63, 3.8) is 0 Å². The smallest absolute Gasteiger partial charge is 0.220 e. The van der Waals surface area contributed by atoms with E-state index in [2.05, 4.69) is 15.4 Å². The van der Waals surface area contributed by atoms with Gasteiger partial charge in [0.25, 0.3) is 0 Å². The van der Waals surface area contributed by atoms with Crippen LogP contribution < -0.4 is 15.4 Å². The lowest BCUT2D eigenvalue weighted by atomic mass is 10.2. The average Bonchev–Trinajstić information content (AvgIpc) is 2.89. The van der Waals surface area contributed by atoms with E-state index in [0.717, 1.165) is 25.7 Å². The number of carbonyl (C=O) groups is 2. The zero-order valence-electron chi connectivity index (χ0n) is 11.8. The molecule has 1 saturated carbocycles. The second-order valence-electron chi connectivity index (χ2n) is 4.92. The SMILES string of the molecule is CNS(=O)(=O)CCNC(=O)CCC(=O)NC1CCCC1. The normalized spacial score (nSPS) is 16.1. The molecule has 0 aromatic carbocycles. The van der Waals surface area contributed by atoms with Crippen molar-refractivity contribution in [3.05, 3.63) is 0 Å². The highest BCUT2D eigenvalue weighted by molar-refractivity contribution is 7.89. The fraction of sp³-hybridized carbons (Fsp3) is 0.833. The summed E-state index contributed by atoms with van der Waals surface area (Å²) < 4.78 is 24.4. The lowest BCUT2D eigenvalue weighted by Gasteiger charge is -2.11.